The van der Waals surface area contributed by atoms with Crippen LogP contribution in [0.25, 0.3) is 5.52 Å². The number of aryl methyl sites for hydroxylation is 1. The first kappa shape index (κ1) is 12.0. The molecule has 2 N–H and O–H groups in total. The average Bonchev–Trinajstić information content (AvgIpc) is 2.71. The van der Waals surface area contributed by atoms with Crippen molar-refractivity contribution in [2.24, 2.45) is 11.7 Å². The summed E-state index contributed by atoms with van der Waals surface area (Å²) in [6.45, 7) is 4.54. The van der Waals surface area contributed by atoms with Gasteiger partial charge in [0.25, 0.3) is 0 Å². The van der Waals surface area contributed by atoms with Gasteiger partial charge in [0.15, 0.2) is 5.82 Å². The summed E-state index contributed by atoms with van der Waals surface area (Å²) in [6.07, 6.45) is 5.20. The molecule has 0 unspecified atom stereocenters. The van der Waals surface area contributed by atoms with E-state index in [0.717, 1.165) is 18.4 Å². The molecule has 0 saturated heterocycles. The van der Waals surface area contributed by atoms with Gasteiger partial charge in [-0.3, -0.25) is 0 Å². The van der Waals surface area contributed by atoms with Crippen molar-refractivity contribution in [1.29, 1.82) is 0 Å². The van der Waals surface area contributed by atoms with Crippen molar-refractivity contribution in [2.75, 3.05) is 0 Å². The van der Waals surface area contributed by atoms with Crippen LogP contribution in [0.1, 0.15) is 31.5 Å². The fourth-order valence-corrected chi connectivity index (χ4v) is 1.93. The van der Waals surface area contributed by atoms with Gasteiger partial charge < -0.3 is 10.1 Å². The van der Waals surface area contributed by atoms with Gasteiger partial charge in [-0.1, -0.05) is 13.8 Å². The van der Waals surface area contributed by atoms with Crippen LogP contribution in [0.2, 0.25) is 0 Å². The molecule has 0 aliphatic heterocycles. The number of nitrogens with zero attached hydrogens (tertiary/aromatic N) is 2. The number of pyridine rings is 1. The Hall–Kier alpha value is -1.42. The van der Waals surface area contributed by atoms with Crippen molar-refractivity contribution >= 4 is 5.52 Å². The van der Waals surface area contributed by atoms with E-state index in [2.05, 4.69) is 18.8 Å². The summed E-state index contributed by atoms with van der Waals surface area (Å²) in [5.74, 6) is 0.399. The number of rotatable bonds is 4. The normalized spacial score (nSPS) is 11.6. The van der Waals surface area contributed by atoms with Gasteiger partial charge in [0.1, 0.15) is 5.52 Å². The predicted octanol–water partition coefficient (Wildman–Crippen LogP) is 2.52. The SMILES string of the molecule is CC(C)CCc1ccn2cnc(CN)c2c1F. The molecule has 0 fully saturated rings. The van der Waals surface area contributed by atoms with Gasteiger partial charge in [0, 0.05) is 12.7 Å². The molecule has 0 aliphatic rings. The Morgan fingerprint density at radius 3 is 2.88 bits per heavy atom. The van der Waals surface area contributed by atoms with E-state index in [1.165, 1.54) is 0 Å². The number of nitrogens with two attached hydrogens (primary N) is 1. The van der Waals surface area contributed by atoms with Crippen LogP contribution in [0.4, 0.5) is 4.39 Å². The Morgan fingerprint density at radius 1 is 1.47 bits per heavy atom. The van der Waals surface area contributed by atoms with Crippen molar-refractivity contribution in [1.82, 2.24) is 9.38 Å². The van der Waals surface area contributed by atoms with Gasteiger partial charge in [-0.2, -0.15) is 0 Å². The number of hydrogen-bond donors (Lipinski definition) is 1. The van der Waals surface area contributed by atoms with Gasteiger partial charge in [0.05, 0.1) is 12.0 Å². The summed E-state index contributed by atoms with van der Waals surface area (Å²) in [7, 11) is 0. The van der Waals surface area contributed by atoms with E-state index in [9.17, 15) is 4.39 Å². The fraction of sp³-hybridized carbons (Fsp3) is 0.462. The Balaban J connectivity index is 2.41. The Morgan fingerprint density at radius 2 is 2.24 bits per heavy atom. The highest BCUT2D eigenvalue weighted by Crippen LogP contribution is 2.20. The molecule has 0 radical (unpaired) electrons. The molecule has 0 aliphatic carbocycles. The fourth-order valence-electron chi connectivity index (χ4n) is 1.93. The second-order valence-corrected chi connectivity index (χ2v) is 4.74. The Bertz CT molecular complexity index is 517. The molecule has 4 heteroatoms. The molecule has 0 spiro atoms. The Labute approximate surface area is 100 Å². The molecular formula is C13H18FN3. The molecule has 0 aromatic carbocycles. The minimum absolute atomic E-state index is 0.175. The maximum Gasteiger partial charge on any atom is 0.152 e. The van der Waals surface area contributed by atoms with Gasteiger partial charge in [-0.15, -0.1) is 0 Å². The van der Waals surface area contributed by atoms with Crippen LogP contribution >= 0.6 is 0 Å². The molecule has 0 atom stereocenters. The Kier molecular flexibility index (Phi) is 3.43. The molecule has 92 valence electrons. The molecule has 0 amide bonds. The average molecular weight is 235 g/mol. The van der Waals surface area contributed by atoms with Crippen LogP contribution < -0.4 is 5.73 Å². The summed E-state index contributed by atoms with van der Waals surface area (Å²) >= 11 is 0. The molecule has 2 aromatic rings. The quantitative estimate of drug-likeness (QED) is 0.885. The second kappa shape index (κ2) is 4.84. The zero-order valence-corrected chi connectivity index (χ0v) is 10.3. The van der Waals surface area contributed by atoms with Crippen LogP contribution in [0, 0.1) is 11.7 Å². The molecule has 0 bridgehead atoms. The number of halogens is 1. The lowest BCUT2D eigenvalue weighted by Crippen LogP contribution is -2.02. The van der Waals surface area contributed by atoms with Crippen LogP contribution in [0.3, 0.4) is 0 Å². The number of fused-ring (bicyclic) bond motifs is 1. The van der Waals surface area contributed by atoms with E-state index in [-0.39, 0.29) is 12.4 Å². The van der Waals surface area contributed by atoms with Gasteiger partial charge in [-0.25, -0.2) is 9.37 Å². The molecule has 2 rings (SSSR count). The zero-order chi connectivity index (χ0) is 12.4. The van der Waals surface area contributed by atoms with Crippen molar-refractivity contribution in [3.8, 4) is 0 Å². The molecule has 17 heavy (non-hydrogen) atoms. The molecule has 2 heterocycles. The number of aromatic nitrogens is 2. The van der Waals surface area contributed by atoms with Crippen LogP contribution in [0.5, 0.6) is 0 Å². The summed E-state index contributed by atoms with van der Waals surface area (Å²) in [6, 6.07) is 1.83. The third-order valence-corrected chi connectivity index (χ3v) is 2.98. The largest absolute Gasteiger partial charge is 0.325 e. The zero-order valence-electron chi connectivity index (χ0n) is 10.3. The highest BCUT2D eigenvalue weighted by molar-refractivity contribution is 5.55. The van der Waals surface area contributed by atoms with E-state index in [4.69, 9.17) is 5.73 Å². The molecule has 3 nitrogen and oxygen atoms in total. The third-order valence-electron chi connectivity index (χ3n) is 2.98. The van der Waals surface area contributed by atoms with Crippen molar-refractivity contribution in [3.05, 3.63) is 35.7 Å². The molecular weight excluding hydrogens is 217 g/mol. The highest BCUT2D eigenvalue weighted by atomic mass is 19.1. The van der Waals surface area contributed by atoms with E-state index in [0.29, 0.717) is 17.1 Å². The van der Waals surface area contributed by atoms with E-state index in [1.807, 2.05) is 12.3 Å². The maximum atomic E-state index is 14.3. The molecule has 2 aromatic heterocycles. The smallest absolute Gasteiger partial charge is 0.152 e. The van der Waals surface area contributed by atoms with Gasteiger partial charge in [0.2, 0.25) is 0 Å². The summed E-state index contributed by atoms with van der Waals surface area (Å²) in [4.78, 5) is 4.11. The first-order chi connectivity index (χ1) is 8.13. The topological polar surface area (TPSA) is 43.3 Å². The minimum atomic E-state index is -0.175. The number of hydrogen-bond acceptors (Lipinski definition) is 2. The molecule has 0 saturated carbocycles. The highest BCUT2D eigenvalue weighted by Gasteiger charge is 2.12. The predicted molar refractivity (Wildman–Crippen MR) is 66.2 cm³/mol. The first-order valence-electron chi connectivity index (χ1n) is 5.96. The third kappa shape index (κ3) is 2.31. The summed E-state index contributed by atoms with van der Waals surface area (Å²) in [5.41, 5.74) is 7.45. The maximum absolute atomic E-state index is 14.3. The van der Waals surface area contributed by atoms with Crippen molar-refractivity contribution in [2.45, 2.75) is 33.2 Å². The van der Waals surface area contributed by atoms with Gasteiger partial charge >= 0.3 is 0 Å². The van der Waals surface area contributed by atoms with Gasteiger partial charge in [-0.05, 0) is 30.4 Å². The second-order valence-electron chi connectivity index (χ2n) is 4.74. The van der Waals surface area contributed by atoms with E-state index >= 15 is 0 Å². The van der Waals surface area contributed by atoms with Crippen LogP contribution in [-0.4, -0.2) is 9.38 Å². The minimum Gasteiger partial charge on any atom is -0.325 e. The lowest BCUT2D eigenvalue weighted by Gasteiger charge is -2.07. The summed E-state index contributed by atoms with van der Waals surface area (Å²) in [5, 5.41) is 0. The monoisotopic (exact) mass is 235 g/mol. The lowest BCUT2D eigenvalue weighted by molar-refractivity contribution is 0.559. The van der Waals surface area contributed by atoms with E-state index in [1.54, 1.807) is 10.7 Å². The number of imidazole rings is 1. The van der Waals surface area contributed by atoms with Crippen LogP contribution in [-0.2, 0) is 13.0 Å². The van der Waals surface area contributed by atoms with E-state index < -0.39 is 0 Å². The standard InChI is InChI=1S/C13H18FN3/c1-9(2)3-4-10-5-6-17-8-16-11(7-15)13(17)12(10)14/h5-6,8-9H,3-4,7,15H2,1-2H3. The first-order valence-corrected chi connectivity index (χ1v) is 5.96. The van der Waals surface area contributed by atoms with Crippen LogP contribution in [0.15, 0.2) is 18.6 Å². The van der Waals surface area contributed by atoms with Crippen molar-refractivity contribution < 1.29 is 4.39 Å². The lowest BCUT2D eigenvalue weighted by atomic mass is 10.0. The van der Waals surface area contributed by atoms with Crippen molar-refractivity contribution in [3.63, 3.8) is 0 Å². The summed E-state index contributed by atoms with van der Waals surface area (Å²) < 4.78 is 16.0.